The number of ether oxygens (including phenoxy) is 2. The van der Waals surface area contributed by atoms with Crippen LogP contribution in [0.2, 0.25) is 0 Å². The second-order valence-electron chi connectivity index (χ2n) is 4.84. The highest BCUT2D eigenvalue weighted by Crippen LogP contribution is 2.26. The third-order valence-electron chi connectivity index (χ3n) is 3.01. The van der Waals surface area contributed by atoms with Crippen molar-refractivity contribution in [3.8, 4) is 0 Å². The molecule has 4 atom stereocenters. The minimum atomic E-state index is -1.84. The summed E-state index contributed by atoms with van der Waals surface area (Å²) in [6, 6.07) is 0. The molecule has 1 rings (SSSR count). The molecule has 1 aliphatic rings. The molecule has 0 radical (unpaired) electrons. The van der Waals surface area contributed by atoms with Gasteiger partial charge in [0.2, 0.25) is 5.76 Å². The number of hydrogen-bond acceptors (Lipinski definition) is 9. The molecular formula is C13H20O9. The van der Waals surface area contributed by atoms with Crippen molar-refractivity contribution in [3.63, 3.8) is 0 Å². The first-order valence-corrected chi connectivity index (χ1v) is 6.78. The van der Waals surface area contributed by atoms with Crippen LogP contribution in [0.25, 0.3) is 0 Å². The van der Waals surface area contributed by atoms with E-state index in [1.54, 1.807) is 6.92 Å². The van der Waals surface area contributed by atoms with Crippen LogP contribution in [0.3, 0.4) is 0 Å². The van der Waals surface area contributed by atoms with Crippen molar-refractivity contribution >= 4 is 11.8 Å². The Morgan fingerprint density at radius 3 is 2.55 bits per heavy atom. The van der Waals surface area contributed by atoms with E-state index < -0.39 is 60.9 Å². The second kappa shape index (κ2) is 8.08. The van der Waals surface area contributed by atoms with Crippen LogP contribution in [0, 0.1) is 0 Å². The molecule has 0 saturated heterocycles. The summed E-state index contributed by atoms with van der Waals surface area (Å²) in [6.45, 7) is 0.618. The number of aliphatic hydroxyl groups excluding tert-OH is 5. The zero-order valence-corrected chi connectivity index (χ0v) is 12.0. The van der Waals surface area contributed by atoms with Crippen LogP contribution in [0.15, 0.2) is 11.5 Å². The normalized spacial score (nSPS) is 22.2. The third-order valence-corrected chi connectivity index (χ3v) is 3.01. The lowest BCUT2D eigenvalue weighted by atomic mass is 10.0. The number of cyclic esters (lactones) is 1. The Morgan fingerprint density at radius 1 is 1.36 bits per heavy atom. The number of carbonyl (C=O) groups is 2. The van der Waals surface area contributed by atoms with Crippen LogP contribution in [0.1, 0.15) is 19.8 Å². The minimum Gasteiger partial charge on any atom is -0.505 e. The fraction of sp³-hybridized carbons (Fsp3) is 0.692. The largest absolute Gasteiger partial charge is 0.505 e. The van der Waals surface area contributed by atoms with Crippen molar-refractivity contribution in [1.82, 2.24) is 0 Å². The van der Waals surface area contributed by atoms with E-state index in [-0.39, 0.29) is 6.42 Å². The number of esters is 1. The summed E-state index contributed by atoms with van der Waals surface area (Å²) in [5.41, 5.74) is 0. The standard InChI is InChI=1S/C13H20O9/c1-2-3-7(16)8(17)9(18)11-10(19)12(13(20)22-11)21-5-6(15)4-14/h6,8-9,11,14-15,17-19H,2-5H2,1H3/t6?,8?,9-,11+/m0/s1. The maximum Gasteiger partial charge on any atom is 0.378 e. The smallest absolute Gasteiger partial charge is 0.378 e. The van der Waals surface area contributed by atoms with E-state index in [1.165, 1.54) is 0 Å². The fourth-order valence-corrected chi connectivity index (χ4v) is 1.81. The highest BCUT2D eigenvalue weighted by atomic mass is 16.6. The highest BCUT2D eigenvalue weighted by Gasteiger charge is 2.44. The Morgan fingerprint density at radius 2 is 2.00 bits per heavy atom. The average molecular weight is 320 g/mol. The van der Waals surface area contributed by atoms with Crippen molar-refractivity contribution in [2.24, 2.45) is 0 Å². The summed E-state index contributed by atoms with van der Waals surface area (Å²) < 4.78 is 9.48. The molecule has 0 fully saturated rings. The number of Topliss-reactive ketones (excluding diaryl/α,β-unsaturated/α-hetero) is 1. The summed E-state index contributed by atoms with van der Waals surface area (Å²) in [5.74, 6) is -3.19. The van der Waals surface area contributed by atoms with Crippen LogP contribution in [-0.4, -0.2) is 74.9 Å². The molecule has 22 heavy (non-hydrogen) atoms. The van der Waals surface area contributed by atoms with Gasteiger partial charge in [0.1, 0.15) is 24.9 Å². The van der Waals surface area contributed by atoms with Crippen LogP contribution >= 0.6 is 0 Å². The first-order chi connectivity index (χ1) is 10.3. The van der Waals surface area contributed by atoms with Crippen molar-refractivity contribution in [3.05, 3.63) is 11.5 Å². The van der Waals surface area contributed by atoms with Gasteiger partial charge in [0.15, 0.2) is 17.6 Å². The molecular weight excluding hydrogens is 300 g/mol. The Labute approximate surface area is 126 Å². The van der Waals surface area contributed by atoms with Gasteiger partial charge in [-0.05, 0) is 6.42 Å². The molecule has 0 aromatic heterocycles. The molecule has 0 aliphatic carbocycles. The van der Waals surface area contributed by atoms with Crippen molar-refractivity contribution in [2.75, 3.05) is 13.2 Å². The monoisotopic (exact) mass is 320 g/mol. The maximum atomic E-state index is 11.5. The Hall–Kier alpha value is -1.68. The molecule has 1 aliphatic heterocycles. The molecule has 0 bridgehead atoms. The fourth-order valence-electron chi connectivity index (χ4n) is 1.81. The molecule has 9 heteroatoms. The van der Waals surface area contributed by atoms with Gasteiger partial charge in [-0.25, -0.2) is 4.79 Å². The van der Waals surface area contributed by atoms with Crippen molar-refractivity contribution in [1.29, 1.82) is 0 Å². The van der Waals surface area contributed by atoms with Gasteiger partial charge >= 0.3 is 5.97 Å². The molecule has 0 amide bonds. The quantitative estimate of drug-likeness (QED) is 0.308. The van der Waals surface area contributed by atoms with E-state index in [2.05, 4.69) is 4.74 Å². The molecule has 126 valence electrons. The molecule has 0 aromatic rings. The van der Waals surface area contributed by atoms with Crippen LogP contribution < -0.4 is 0 Å². The van der Waals surface area contributed by atoms with E-state index in [4.69, 9.17) is 14.9 Å². The Kier molecular flexibility index (Phi) is 6.75. The molecule has 2 unspecified atom stereocenters. The predicted molar refractivity (Wildman–Crippen MR) is 70.5 cm³/mol. The lowest BCUT2D eigenvalue weighted by Crippen LogP contribution is -2.43. The zero-order chi connectivity index (χ0) is 16.9. The first-order valence-electron chi connectivity index (χ1n) is 6.78. The Bertz CT molecular complexity index is 445. The third kappa shape index (κ3) is 4.17. The number of rotatable bonds is 9. The molecule has 1 heterocycles. The molecule has 0 aromatic carbocycles. The highest BCUT2D eigenvalue weighted by molar-refractivity contribution is 5.90. The number of aliphatic hydroxyl groups is 5. The first kappa shape index (κ1) is 18.4. The van der Waals surface area contributed by atoms with Crippen LogP contribution in [0.5, 0.6) is 0 Å². The summed E-state index contributed by atoms with van der Waals surface area (Å²) in [6.07, 6.45) is -6.08. The molecule has 9 nitrogen and oxygen atoms in total. The molecule has 0 saturated carbocycles. The van der Waals surface area contributed by atoms with E-state index in [0.29, 0.717) is 6.42 Å². The average Bonchev–Trinajstić information content (AvgIpc) is 2.78. The van der Waals surface area contributed by atoms with Gasteiger partial charge < -0.3 is 35.0 Å². The van der Waals surface area contributed by atoms with Gasteiger partial charge in [0.05, 0.1) is 6.61 Å². The molecule has 5 N–H and O–H groups in total. The van der Waals surface area contributed by atoms with E-state index in [9.17, 15) is 24.9 Å². The lowest BCUT2D eigenvalue weighted by molar-refractivity contribution is -0.155. The topological polar surface area (TPSA) is 154 Å². The summed E-state index contributed by atoms with van der Waals surface area (Å²) in [5, 5.41) is 47.1. The van der Waals surface area contributed by atoms with Gasteiger partial charge in [-0.3, -0.25) is 4.79 Å². The van der Waals surface area contributed by atoms with Crippen LogP contribution in [0.4, 0.5) is 0 Å². The summed E-state index contributed by atoms with van der Waals surface area (Å²) in [7, 11) is 0. The van der Waals surface area contributed by atoms with Gasteiger partial charge in [-0.2, -0.15) is 0 Å². The second-order valence-corrected chi connectivity index (χ2v) is 4.84. The Balaban J connectivity index is 2.78. The number of carbonyl (C=O) groups excluding carboxylic acids is 2. The molecule has 0 spiro atoms. The minimum absolute atomic E-state index is 0.0232. The summed E-state index contributed by atoms with van der Waals surface area (Å²) >= 11 is 0. The van der Waals surface area contributed by atoms with Gasteiger partial charge in [-0.1, -0.05) is 6.92 Å². The van der Waals surface area contributed by atoms with E-state index in [0.717, 1.165) is 0 Å². The lowest BCUT2D eigenvalue weighted by Gasteiger charge is -2.21. The number of hydrogen-bond donors (Lipinski definition) is 5. The van der Waals surface area contributed by atoms with Gasteiger partial charge in [0.25, 0.3) is 0 Å². The predicted octanol–water partition coefficient (Wildman–Crippen LogP) is -1.86. The van der Waals surface area contributed by atoms with Crippen LogP contribution in [-0.2, 0) is 19.1 Å². The SMILES string of the molecule is CCCC(=O)C(O)[C@H](O)[C@H]1OC(=O)C(OCC(O)CO)=C1O. The van der Waals surface area contributed by atoms with E-state index >= 15 is 0 Å². The van der Waals surface area contributed by atoms with Crippen molar-refractivity contribution < 1.29 is 44.6 Å². The summed E-state index contributed by atoms with van der Waals surface area (Å²) in [4.78, 5) is 23.1. The number of ketones is 1. The zero-order valence-electron chi connectivity index (χ0n) is 12.0. The van der Waals surface area contributed by atoms with Gasteiger partial charge in [-0.15, -0.1) is 0 Å². The van der Waals surface area contributed by atoms with Gasteiger partial charge in [0, 0.05) is 6.42 Å². The van der Waals surface area contributed by atoms with E-state index in [1.807, 2.05) is 0 Å². The van der Waals surface area contributed by atoms with Crippen molar-refractivity contribution in [2.45, 2.75) is 44.2 Å². The maximum absolute atomic E-state index is 11.5.